The molecule has 0 saturated carbocycles. The predicted molar refractivity (Wildman–Crippen MR) is 73.0 cm³/mol. The van der Waals surface area contributed by atoms with E-state index in [1.165, 1.54) is 19.3 Å². The maximum atomic E-state index is 13.6. The van der Waals surface area contributed by atoms with E-state index in [1.807, 2.05) is 0 Å². The van der Waals surface area contributed by atoms with Gasteiger partial charge in [0, 0.05) is 11.3 Å². The summed E-state index contributed by atoms with van der Waals surface area (Å²) in [5.74, 6) is -0.188. The highest BCUT2D eigenvalue weighted by Crippen LogP contribution is 2.24. The highest BCUT2D eigenvalue weighted by Gasteiger charge is 2.23. The zero-order valence-electron chi connectivity index (χ0n) is 11.1. The largest absolute Gasteiger partial charge is 0.468 e. The van der Waals surface area contributed by atoms with E-state index in [4.69, 9.17) is 10.2 Å². The summed E-state index contributed by atoms with van der Waals surface area (Å²) in [7, 11) is -3.89. The predicted octanol–water partition coefficient (Wildman–Crippen LogP) is 2.35. The number of nitrogens with two attached hydrogens (primary N) is 1. The van der Waals surface area contributed by atoms with Crippen LogP contribution in [0.1, 0.15) is 24.3 Å². The number of sulfonamides is 1. The topological polar surface area (TPSA) is 85.3 Å². The second kappa shape index (κ2) is 5.26. The highest BCUT2D eigenvalue weighted by molar-refractivity contribution is 7.89. The highest BCUT2D eigenvalue weighted by atomic mass is 32.2. The molecule has 7 heteroatoms. The third kappa shape index (κ3) is 2.83. The van der Waals surface area contributed by atoms with E-state index in [-0.39, 0.29) is 16.1 Å². The number of nitrogen functional groups attached to an aromatic ring is 1. The Morgan fingerprint density at radius 3 is 2.70 bits per heavy atom. The molecule has 1 unspecified atom stereocenters. The van der Waals surface area contributed by atoms with Crippen molar-refractivity contribution in [3.05, 3.63) is 47.7 Å². The fourth-order valence-electron chi connectivity index (χ4n) is 1.84. The first-order valence-corrected chi connectivity index (χ1v) is 7.41. The smallest absolute Gasteiger partial charge is 0.241 e. The second-order valence-electron chi connectivity index (χ2n) is 4.48. The number of rotatable bonds is 4. The normalized spacial score (nSPS) is 13.3. The fourth-order valence-corrected chi connectivity index (χ4v) is 3.35. The molecular weight excluding hydrogens is 283 g/mol. The van der Waals surface area contributed by atoms with Crippen LogP contribution < -0.4 is 10.5 Å². The molecule has 1 aromatic heterocycles. The average Bonchev–Trinajstić information content (AvgIpc) is 2.86. The quantitative estimate of drug-likeness (QED) is 0.848. The molecule has 0 radical (unpaired) electrons. The Morgan fingerprint density at radius 1 is 1.40 bits per heavy atom. The Balaban J connectivity index is 2.36. The van der Waals surface area contributed by atoms with E-state index >= 15 is 0 Å². The van der Waals surface area contributed by atoms with E-state index in [9.17, 15) is 12.8 Å². The van der Waals surface area contributed by atoms with Gasteiger partial charge in [0.15, 0.2) is 0 Å². The minimum atomic E-state index is -3.89. The molecule has 0 spiro atoms. The maximum Gasteiger partial charge on any atom is 0.241 e. The van der Waals surface area contributed by atoms with Crippen LogP contribution in [0.4, 0.5) is 10.1 Å². The number of nitrogens with one attached hydrogen (secondary N) is 1. The number of furan rings is 1. The summed E-state index contributed by atoms with van der Waals surface area (Å²) in [5.41, 5.74) is 5.58. The third-order valence-corrected chi connectivity index (χ3v) is 4.58. The zero-order valence-corrected chi connectivity index (χ0v) is 11.9. The minimum Gasteiger partial charge on any atom is -0.468 e. The average molecular weight is 298 g/mol. The second-order valence-corrected chi connectivity index (χ2v) is 6.17. The Bertz CT molecular complexity index is 711. The van der Waals surface area contributed by atoms with Crippen LogP contribution in [-0.2, 0) is 10.0 Å². The molecule has 1 aromatic carbocycles. The molecule has 1 heterocycles. The van der Waals surface area contributed by atoms with Crippen molar-refractivity contribution in [2.75, 3.05) is 5.73 Å². The van der Waals surface area contributed by atoms with Crippen molar-refractivity contribution < 1.29 is 17.2 Å². The lowest BCUT2D eigenvalue weighted by Gasteiger charge is -2.14. The molecule has 3 N–H and O–H groups in total. The molecule has 108 valence electrons. The van der Waals surface area contributed by atoms with Crippen LogP contribution in [0.25, 0.3) is 0 Å². The van der Waals surface area contributed by atoms with E-state index < -0.39 is 21.9 Å². The van der Waals surface area contributed by atoms with Gasteiger partial charge in [-0.05, 0) is 38.1 Å². The molecule has 0 aliphatic rings. The summed E-state index contributed by atoms with van der Waals surface area (Å²) in [6.45, 7) is 3.02. The van der Waals surface area contributed by atoms with E-state index in [2.05, 4.69) is 4.72 Å². The van der Waals surface area contributed by atoms with Gasteiger partial charge in [-0.2, -0.15) is 0 Å². The van der Waals surface area contributed by atoms with Crippen LogP contribution in [0.5, 0.6) is 0 Å². The van der Waals surface area contributed by atoms with Crippen molar-refractivity contribution >= 4 is 15.7 Å². The van der Waals surface area contributed by atoms with Crippen molar-refractivity contribution in [1.29, 1.82) is 0 Å². The lowest BCUT2D eigenvalue weighted by molar-refractivity contribution is 0.459. The zero-order chi connectivity index (χ0) is 14.9. The maximum absolute atomic E-state index is 13.6. The Hall–Kier alpha value is -1.86. The lowest BCUT2D eigenvalue weighted by Crippen LogP contribution is -2.27. The molecule has 20 heavy (non-hydrogen) atoms. The number of benzene rings is 1. The van der Waals surface area contributed by atoms with Gasteiger partial charge < -0.3 is 10.2 Å². The number of hydrogen-bond acceptors (Lipinski definition) is 4. The monoisotopic (exact) mass is 298 g/mol. The Kier molecular flexibility index (Phi) is 3.82. The number of halogens is 1. The first-order chi connectivity index (χ1) is 9.31. The molecule has 0 fully saturated rings. The van der Waals surface area contributed by atoms with Gasteiger partial charge in [0.1, 0.15) is 11.6 Å². The first kappa shape index (κ1) is 14.5. The van der Waals surface area contributed by atoms with Crippen LogP contribution >= 0.6 is 0 Å². The van der Waals surface area contributed by atoms with Gasteiger partial charge in [-0.25, -0.2) is 17.5 Å². The summed E-state index contributed by atoms with van der Waals surface area (Å²) in [5, 5.41) is 0. The van der Waals surface area contributed by atoms with Crippen molar-refractivity contribution in [2.45, 2.75) is 24.8 Å². The third-order valence-electron chi connectivity index (χ3n) is 2.91. The van der Waals surface area contributed by atoms with Crippen molar-refractivity contribution in [2.24, 2.45) is 0 Å². The van der Waals surface area contributed by atoms with E-state index in [0.29, 0.717) is 5.76 Å². The number of hydrogen-bond donors (Lipinski definition) is 2. The van der Waals surface area contributed by atoms with E-state index in [1.54, 1.807) is 19.1 Å². The molecule has 0 aliphatic heterocycles. The molecule has 1 atom stereocenters. The van der Waals surface area contributed by atoms with Gasteiger partial charge in [0.25, 0.3) is 0 Å². The van der Waals surface area contributed by atoms with Crippen LogP contribution in [0.2, 0.25) is 0 Å². The molecule has 2 aromatic rings. The SMILES string of the molecule is Cc1c(F)cc(N)cc1S(=O)(=O)NC(C)c1ccco1. The van der Waals surface area contributed by atoms with E-state index in [0.717, 1.165) is 6.07 Å². The summed E-state index contributed by atoms with van der Waals surface area (Å²) in [4.78, 5) is -0.173. The van der Waals surface area contributed by atoms with Gasteiger partial charge in [-0.3, -0.25) is 0 Å². The summed E-state index contributed by atoms with van der Waals surface area (Å²) in [6, 6.07) is 5.06. The molecule has 0 bridgehead atoms. The first-order valence-electron chi connectivity index (χ1n) is 5.92. The van der Waals surface area contributed by atoms with Crippen LogP contribution in [-0.4, -0.2) is 8.42 Å². The molecule has 0 saturated heterocycles. The molecule has 0 amide bonds. The minimum absolute atomic E-state index is 0.0262. The van der Waals surface area contributed by atoms with Gasteiger partial charge in [-0.15, -0.1) is 0 Å². The van der Waals surface area contributed by atoms with Gasteiger partial charge in [0.05, 0.1) is 17.2 Å². The molecule has 5 nitrogen and oxygen atoms in total. The van der Waals surface area contributed by atoms with Crippen LogP contribution in [0.3, 0.4) is 0 Å². The van der Waals surface area contributed by atoms with Gasteiger partial charge in [0.2, 0.25) is 10.0 Å². The Labute approximate surface area is 116 Å². The van der Waals surface area contributed by atoms with Crippen LogP contribution in [0.15, 0.2) is 39.8 Å². The van der Waals surface area contributed by atoms with Crippen molar-refractivity contribution in [1.82, 2.24) is 4.72 Å². The Morgan fingerprint density at radius 2 is 2.10 bits per heavy atom. The lowest BCUT2D eigenvalue weighted by atomic mass is 10.2. The van der Waals surface area contributed by atoms with Crippen molar-refractivity contribution in [3.63, 3.8) is 0 Å². The van der Waals surface area contributed by atoms with Gasteiger partial charge in [-0.1, -0.05) is 0 Å². The molecule has 0 aliphatic carbocycles. The molecular formula is C13H15FN2O3S. The fraction of sp³-hybridized carbons (Fsp3) is 0.231. The summed E-state index contributed by atoms with van der Waals surface area (Å²) >= 11 is 0. The molecule has 2 rings (SSSR count). The summed E-state index contributed by atoms with van der Waals surface area (Å²) in [6.07, 6.45) is 1.45. The summed E-state index contributed by atoms with van der Waals surface area (Å²) < 4.78 is 45.7. The number of anilines is 1. The standard InChI is InChI=1S/C13H15FN2O3S/c1-8-11(14)6-10(15)7-13(8)20(17,18)16-9(2)12-4-3-5-19-12/h3-7,9,16H,15H2,1-2H3. The van der Waals surface area contributed by atoms with Gasteiger partial charge >= 0.3 is 0 Å². The van der Waals surface area contributed by atoms with Crippen LogP contribution in [0, 0.1) is 12.7 Å². The van der Waals surface area contributed by atoms with Crippen molar-refractivity contribution in [3.8, 4) is 0 Å².